The Balaban J connectivity index is 1.44. The molecule has 0 amide bonds. The number of halogens is 2. The molecule has 2 heterocycles. The van der Waals surface area contributed by atoms with Gasteiger partial charge in [0.25, 0.3) is 5.69 Å². The van der Waals surface area contributed by atoms with E-state index in [2.05, 4.69) is 47.3 Å². The summed E-state index contributed by atoms with van der Waals surface area (Å²) in [5.41, 5.74) is 6.91. The van der Waals surface area contributed by atoms with Crippen molar-refractivity contribution in [3.05, 3.63) is 99.4 Å². The van der Waals surface area contributed by atoms with E-state index in [-0.39, 0.29) is 17.5 Å². The molecule has 1 aromatic heterocycles. The van der Waals surface area contributed by atoms with Crippen molar-refractivity contribution in [3.8, 4) is 22.4 Å². The summed E-state index contributed by atoms with van der Waals surface area (Å²) in [4.78, 5) is 15.0. The van der Waals surface area contributed by atoms with Gasteiger partial charge in [0.2, 0.25) is 0 Å². The monoisotopic (exact) mass is 532 g/mol. The minimum atomic E-state index is -0.390. The number of hydrogen-bond acceptors (Lipinski definition) is 4. The lowest BCUT2D eigenvalue weighted by atomic mass is 10.00. The van der Waals surface area contributed by atoms with Gasteiger partial charge in [-0.05, 0) is 80.4 Å². The van der Waals surface area contributed by atoms with Crippen LogP contribution in [0, 0.1) is 22.9 Å². The van der Waals surface area contributed by atoms with Crippen LogP contribution < -0.4 is 9.80 Å². The predicted molar refractivity (Wildman–Crippen MR) is 153 cm³/mol. The van der Waals surface area contributed by atoms with Crippen LogP contribution in [0.5, 0.6) is 0 Å². The fourth-order valence-corrected chi connectivity index (χ4v) is 5.49. The Bertz CT molecular complexity index is 1460. The third-order valence-electron chi connectivity index (χ3n) is 7.13. The first-order valence-electron chi connectivity index (χ1n) is 12.7. The number of non-ortho nitro benzene ring substituents is 1. The number of benzene rings is 3. The van der Waals surface area contributed by atoms with Crippen LogP contribution >= 0.6 is 11.6 Å². The van der Waals surface area contributed by atoms with Crippen molar-refractivity contribution in [3.63, 3.8) is 0 Å². The third kappa shape index (κ3) is 5.11. The number of rotatable bonds is 6. The summed E-state index contributed by atoms with van der Waals surface area (Å²) < 4.78 is 17.3. The van der Waals surface area contributed by atoms with Crippen molar-refractivity contribution >= 4 is 28.7 Å². The Morgan fingerprint density at radius 3 is 2.03 bits per heavy atom. The molecule has 0 aliphatic carbocycles. The second-order valence-electron chi connectivity index (χ2n) is 9.96. The van der Waals surface area contributed by atoms with Crippen LogP contribution in [-0.2, 0) is 0 Å². The highest BCUT2D eigenvalue weighted by atomic mass is 35.5. The maximum Gasteiger partial charge on any atom is 0.269 e. The van der Waals surface area contributed by atoms with Gasteiger partial charge >= 0.3 is 0 Å². The molecule has 5 rings (SSSR count). The van der Waals surface area contributed by atoms with Crippen LogP contribution in [0.1, 0.15) is 25.6 Å². The molecule has 196 valence electrons. The Morgan fingerprint density at radius 2 is 1.45 bits per heavy atom. The van der Waals surface area contributed by atoms with E-state index in [1.165, 1.54) is 12.1 Å². The van der Waals surface area contributed by atoms with Crippen LogP contribution in [0.15, 0.2) is 72.8 Å². The van der Waals surface area contributed by atoms with Gasteiger partial charge < -0.3 is 14.4 Å². The van der Waals surface area contributed by atoms with Gasteiger partial charge in [-0.1, -0.05) is 23.7 Å². The molecular weight excluding hydrogens is 503 g/mol. The number of hydrogen-bond donors (Lipinski definition) is 0. The summed E-state index contributed by atoms with van der Waals surface area (Å²) in [5, 5.41) is 11.6. The highest BCUT2D eigenvalue weighted by Crippen LogP contribution is 2.39. The van der Waals surface area contributed by atoms with Crippen LogP contribution in [0.3, 0.4) is 0 Å². The van der Waals surface area contributed by atoms with E-state index in [0.29, 0.717) is 5.02 Å². The largest absolute Gasteiger partial charge is 0.368 e. The molecular formula is C30H30ClFN4O2. The highest BCUT2D eigenvalue weighted by Gasteiger charge is 2.22. The molecule has 0 N–H and O–H groups in total. The van der Waals surface area contributed by atoms with Gasteiger partial charge in [-0.2, -0.15) is 0 Å². The van der Waals surface area contributed by atoms with Gasteiger partial charge in [0.05, 0.1) is 10.6 Å². The van der Waals surface area contributed by atoms with Crippen molar-refractivity contribution in [2.75, 3.05) is 36.0 Å². The summed E-state index contributed by atoms with van der Waals surface area (Å²) in [5.74, 6) is -0.271. The van der Waals surface area contributed by atoms with Gasteiger partial charge in [-0.25, -0.2) is 4.39 Å². The maximum atomic E-state index is 15.0. The molecule has 8 heteroatoms. The minimum absolute atomic E-state index is 0.0826. The van der Waals surface area contributed by atoms with Crippen LogP contribution in [-0.4, -0.2) is 35.7 Å². The fourth-order valence-electron chi connectivity index (χ4n) is 5.36. The van der Waals surface area contributed by atoms with Crippen LogP contribution in [0.4, 0.5) is 21.5 Å². The molecule has 0 unspecified atom stereocenters. The highest BCUT2D eigenvalue weighted by molar-refractivity contribution is 6.30. The first-order valence-corrected chi connectivity index (χ1v) is 13.1. The molecule has 3 aromatic carbocycles. The molecule has 4 aromatic rings. The number of piperazine rings is 1. The van der Waals surface area contributed by atoms with Crippen molar-refractivity contribution in [1.82, 2.24) is 4.57 Å². The normalized spacial score (nSPS) is 13.8. The number of nitro benzene ring substituents is 1. The zero-order valence-corrected chi connectivity index (χ0v) is 22.5. The average molecular weight is 533 g/mol. The van der Waals surface area contributed by atoms with Gasteiger partial charge in [-0.15, -0.1) is 0 Å². The molecule has 0 bridgehead atoms. The first kappa shape index (κ1) is 25.8. The maximum absolute atomic E-state index is 15.0. The van der Waals surface area contributed by atoms with Crippen molar-refractivity contribution in [1.29, 1.82) is 0 Å². The second kappa shape index (κ2) is 10.5. The Morgan fingerprint density at radius 1 is 0.842 bits per heavy atom. The molecule has 1 aliphatic heterocycles. The Kier molecular flexibility index (Phi) is 7.13. The lowest BCUT2D eigenvalue weighted by Gasteiger charge is -2.37. The van der Waals surface area contributed by atoms with Gasteiger partial charge in [0.1, 0.15) is 5.82 Å². The Hall–Kier alpha value is -3.84. The van der Waals surface area contributed by atoms with Crippen molar-refractivity contribution < 1.29 is 9.31 Å². The summed E-state index contributed by atoms with van der Waals surface area (Å²) in [6.45, 7) is 9.30. The fraction of sp³-hybridized carbons (Fsp3) is 0.267. The summed E-state index contributed by atoms with van der Waals surface area (Å²) in [6.07, 6.45) is 0. The van der Waals surface area contributed by atoms with E-state index >= 15 is 4.39 Å². The lowest BCUT2D eigenvalue weighted by Crippen LogP contribution is -2.46. The molecule has 38 heavy (non-hydrogen) atoms. The molecule has 0 saturated carbocycles. The topological polar surface area (TPSA) is 54.6 Å². The number of nitrogens with zero attached hydrogens (tertiary/aromatic N) is 4. The predicted octanol–water partition coefficient (Wildman–Crippen LogP) is 7.74. The molecule has 0 radical (unpaired) electrons. The number of aromatic nitrogens is 1. The number of anilines is 2. The summed E-state index contributed by atoms with van der Waals surface area (Å²) in [6, 6.07) is 22.1. The lowest BCUT2D eigenvalue weighted by molar-refractivity contribution is -0.384. The first-order chi connectivity index (χ1) is 18.2. The van der Waals surface area contributed by atoms with E-state index in [0.717, 1.165) is 65.6 Å². The number of nitro groups is 1. The van der Waals surface area contributed by atoms with Gasteiger partial charge in [0, 0.05) is 72.0 Å². The summed E-state index contributed by atoms with van der Waals surface area (Å²) >= 11 is 6.17. The van der Waals surface area contributed by atoms with E-state index in [1.54, 1.807) is 24.3 Å². The van der Waals surface area contributed by atoms with E-state index in [1.807, 2.05) is 24.3 Å². The molecule has 1 aliphatic rings. The van der Waals surface area contributed by atoms with E-state index in [9.17, 15) is 10.1 Å². The van der Waals surface area contributed by atoms with Crippen LogP contribution in [0.2, 0.25) is 5.02 Å². The smallest absolute Gasteiger partial charge is 0.269 e. The van der Waals surface area contributed by atoms with Gasteiger partial charge in [-0.3, -0.25) is 10.1 Å². The summed E-state index contributed by atoms with van der Waals surface area (Å²) in [7, 11) is 0. The van der Waals surface area contributed by atoms with E-state index < -0.39 is 4.92 Å². The van der Waals surface area contributed by atoms with Crippen molar-refractivity contribution in [2.45, 2.75) is 26.8 Å². The molecule has 6 nitrogen and oxygen atoms in total. The quantitative estimate of drug-likeness (QED) is 0.188. The second-order valence-corrected chi connectivity index (χ2v) is 10.4. The van der Waals surface area contributed by atoms with Crippen LogP contribution in [0.25, 0.3) is 22.4 Å². The minimum Gasteiger partial charge on any atom is -0.368 e. The van der Waals surface area contributed by atoms with Gasteiger partial charge in [0.15, 0.2) is 0 Å². The molecule has 1 fully saturated rings. The Labute approximate surface area is 227 Å². The number of aryl methyl sites for hydroxylation is 1. The standard InChI is InChI=1S/C30H30ClFN4O2/c1-20(2)35-21(3)16-29(30(35)22-4-6-24(31)7-5-22)23-17-25(32)19-28(18-23)34-14-12-33(13-15-34)26-8-10-27(11-9-26)36(37)38/h4-11,16-20H,12-15H2,1-3H3. The zero-order chi connectivity index (χ0) is 27.0. The SMILES string of the molecule is Cc1cc(-c2cc(F)cc(N3CCN(c4ccc([N+](=O)[O-])cc4)CC3)c2)c(-c2ccc(Cl)cc2)n1C(C)C. The average Bonchev–Trinajstić information content (AvgIpc) is 3.26. The molecule has 1 saturated heterocycles. The molecule has 0 atom stereocenters. The van der Waals surface area contributed by atoms with E-state index in [4.69, 9.17) is 11.6 Å². The van der Waals surface area contributed by atoms with Crippen molar-refractivity contribution in [2.24, 2.45) is 0 Å². The third-order valence-corrected chi connectivity index (χ3v) is 7.38. The zero-order valence-electron chi connectivity index (χ0n) is 21.7. The molecule has 0 spiro atoms.